The molecule has 2 aromatic rings. The number of benzene rings is 1. The van der Waals surface area contributed by atoms with Crippen molar-refractivity contribution >= 4 is 18.0 Å². The Morgan fingerprint density at radius 2 is 1.86 bits per heavy atom. The van der Waals surface area contributed by atoms with E-state index < -0.39 is 11.9 Å². The Balaban J connectivity index is 0. The molecule has 1 radical (unpaired) electrons. The van der Waals surface area contributed by atoms with Crippen molar-refractivity contribution in [1.29, 1.82) is 0 Å². The summed E-state index contributed by atoms with van der Waals surface area (Å²) in [5.41, 5.74) is 0.657. The van der Waals surface area contributed by atoms with Crippen LogP contribution >= 0.6 is 0 Å². The molecule has 0 aliphatic carbocycles. The van der Waals surface area contributed by atoms with Gasteiger partial charge in [0.1, 0.15) is 0 Å². The van der Waals surface area contributed by atoms with Crippen molar-refractivity contribution in [2.45, 2.75) is 7.43 Å². The van der Waals surface area contributed by atoms with Crippen LogP contribution in [0.3, 0.4) is 0 Å². The van der Waals surface area contributed by atoms with Gasteiger partial charge in [-0.3, -0.25) is 0 Å². The first-order valence-electron chi connectivity index (χ1n) is 5.44. The van der Waals surface area contributed by atoms with Crippen molar-refractivity contribution in [2.24, 2.45) is 0 Å². The summed E-state index contributed by atoms with van der Waals surface area (Å²) >= 11 is 0. The summed E-state index contributed by atoms with van der Waals surface area (Å²) in [5, 5.41) is 23.8. The average molecular weight is 348 g/mol. The van der Waals surface area contributed by atoms with Gasteiger partial charge in [0.05, 0.1) is 12.0 Å². The summed E-state index contributed by atoms with van der Waals surface area (Å²) in [5.74, 6) is -1.97. The SMILES string of the molecule is C.O=C(O)C=Cc1c[nH]cn1.O=C(O)c1ccccc1[OH2+].[Mn]. The largest absolute Gasteiger partial charge is 0.593 e. The Labute approximate surface area is 137 Å². The molecule has 1 heterocycles. The molecule has 119 valence electrons. The molecule has 0 aliphatic heterocycles. The van der Waals surface area contributed by atoms with Crippen LogP contribution in [0.1, 0.15) is 23.5 Å². The van der Waals surface area contributed by atoms with Crippen LogP contribution in [-0.2, 0) is 21.9 Å². The van der Waals surface area contributed by atoms with Crippen molar-refractivity contribution in [3.8, 4) is 5.75 Å². The Morgan fingerprint density at radius 1 is 1.23 bits per heavy atom. The molecule has 7 nitrogen and oxygen atoms in total. The number of aromatic amines is 1. The number of hydrogen-bond acceptors (Lipinski definition) is 3. The molecule has 0 spiro atoms. The zero-order chi connectivity index (χ0) is 15.0. The van der Waals surface area contributed by atoms with Crippen LogP contribution in [0.5, 0.6) is 5.75 Å². The molecule has 1 aromatic heterocycles. The number of para-hydroxylation sites is 1. The molecule has 2 rings (SSSR count). The maximum absolute atomic E-state index is 10.3. The van der Waals surface area contributed by atoms with E-state index in [1.807, 2.05) is 0 Å². The zero-order valence-electron chi connectivity index (χ0n) is 10.7. The first-order valence-corrected chi connectivity index (χ1v) is 5.44. The van der Waals surface area contributed by atoms with E-state index in [2.05, 4.69) is 9.97 Å². The van der Waals surface area contributed by atoms with Gasteiger partial charge >= 0.3 is 11.9 Å². The number of nitrogens with zero attached hydrogens (tertiary/aromatic N) is 1. The van der Waals surface area contributed by atoms with Gasteiger partial charge in [0, 0.05) is 35.4 Å². The molecule has 0 saturated carbocycles. The number of H-pyrrole nitrogens is 1. The standard InChI is InChI=1S/C7H6O3.C6H6N2O2.CH4.Mn/c8-6-4-2-1-3-5(6)7(9)10;9-6(10)2-1-5-3-7-4-8-5;;/h1-4,8H,(H,9,10);1-4H,(H,7,8)(H,9,10);1H4;/p+1. The van der Waals surface area contributed by atoms with Gasteiger partial charge in [-0.2, -0.15) is 0 Å². The van der Waals surface area contributed by atoms with Gasteiger partial charge in [0.2, 0.25) is 0 Å². The van der Waals surface area contributed by atoms with E-state index in [9.17, 15) is 9.59 Å². The fourth-order valence-corrected chi connectivity index (χ4v) is 1.19. The predicted octanol–water partition coefficient (Wildman–Crippen LogP) is 1.96. The van der Waals surface area contributed by atoms with E-state index in [1.54, 1.807) is 18.3 Å². The molecule has 5 N–H and O–H groups in total. The second-order valence-corrected chi connectivity index (χ2v) is 3.52. The minimum atomic E-state index is -1.05. The van der Waals surface area contributed by atoms with Crippen molar-refractivity contribution < 1.29 is 42.0 Å². The minimum absolute atomic E-state index is 0. The van der Waals surface area contributed by atoms with E-state index >= 15 is 0 Å². The zero-order valence-corrected chi connectivity index (χ0v) is 11.8. The minimum Gasteiger partial charge on any atom is -0.593 e. The summed E-state index contributed by atoms with van der Waals surface area (Å²) in [4.78, 5) is 26.8. The number of nitrogens with one attached hydrogen (secondary N) is 1. The number of carbonyl (C=O) groups is 2. The van der Waals surface area contributed by atoms with E-state index in [-0.39, 0.29) is 35.8 Å². The first kappa shape index (κ1) is 21.7. The smallest absolute Gasteiger partial charge is 0.345 e. The Bertz CT molecular complexity index is 611. The summed E-state index contributed by atoms with van der Waals surface area (Å²) < 4.78 is 0. The van der Waals surface area contributed by atoms with Gasteiger partial charge in [-0.1, -0.05) is 19.6 Å². The summed E-state index contributed by atoms with van der Waals surface area (Å²) in [6.45, 7) is 0. The number of aromatic carboxylic acids is 1. The maximum atomic E-state index is 10.3. The monoisotopic (exact) mass is 348 g/mol. The first-order chi connectivity index (χ1) is 9.50. The van der Waals surface area contributed by atoms with E-state index in [4.69, 9.17) is 15.3 Å². The van der Waals surface area contributed by atoms with Crippen molar-refractivity contribution in [3.05, 3.63) is 54.1 Å². The number of imidazole rings is 1. The molecule has 0 bridgehead atoms. The normalized spacial score (nSPS) is 8.91. The summed E-state index contributed by atoms with van der Waals surface area (Å²) in [6, 6.07) is 6.09. The number of carboxylic acids is 2. The molecule has 0 fully saturated rings. The van der Waals surface area contributed by atoms with Crippen LogP contribution in [0.2, 0.25) is 0 Å². The fraction of sp³-hybridized carbons (Fsp3) is 0.0714. The van der Waals surface area contributed by atoms with Crippen LogP contribution in [0.4, 0.5) is 0 Å². The van der Waals surface area contributed by atoms with Crippen LogP contribution in [-0.4, -0.2) is 37.2 Å². The third-order valence-electron chi connectivity index (χ3n) is 2.07. The molecular weight excluding hydrogens is 331 g/mol. The Morgan fingerprint density at radius 3 is 2.27 bits per heavy atom. The van der Waals surface area contributed by atoms with Crippen LogP contribution in [0.25, 0.3) is 6.08 Å². The molecule has 0 atom stereocenters. The molecule has 0 unspecified atom stereocenters. The number of rotatable bonds is 3. The molecule has 1 aromatic carbocycles. The van der Waals surface area contributed by atoms with Gasteiger partial charge < -0.3 is 20.3 Å². The van der Waals surface area contributed by atoms with Crippen LogP contribution in [0, 0.1) is 0 Å². The van der Waals surface area contributed by atoms with E-state index in [0.717, 1.165) is 6.08 Å². The molecular formula is C14H17MnN2O5+. The average Bonchev–Trinajstić information content (AvgIpc) is 2.90. The molecule has 8 heteroatoms. The molecule has 0 saturated heterocycles. The second-order valence-electron chi connectivity index (χ2n) is 3.52. The topological polar surface area (TPSA) is 126 Å². The number of carboxylic acid groups (broad SMARTS) is 2. The van der Waals surface area contributed by atoms with Gasteiger partial charge in [-0.05, 0) is 12.1 Å². The fourth-order valence-electron chi connectivity index (χ4n) is 1.19. The van der Waals surface area contributed by atoms with Crippen molar-refractivity contribution in [1.82, 2.24) is 9.97 Å². The van der Waals surface area contributed by atoms with Gasteiger partial charge in [0.25, 0.3) is 5.75 Å². The van der Waals surface area contributed by atoms with Crippen molar-refractivity contribution in [2.75, 3.05) is 0 Å². The Hall–Kier alpha value is -2.57. The Kier molecular flexibility index (Phi) is 11.0. The second kappa shape index (κ2) is 11.1. The van der Waals surface area contributed by atoms with Gasteiger partial charge in [-0.15, -0.1) is 0 Å². The summed E-state index contributed by atoms with van der Waals surface area (Å²) in [6.07, 6.45) is 5.55. The third-order valence-corrected chi connectivity index (χ3v) is 2.07. The maximum Gasteiger partial charge on any atom is 0.345 e. The summed E-state index contributed by atoms with van der Waals surface area (Å²) in [7, 11) is 0. The van der Waals surface area contributed by atoms with Crippen molar-refractivity contribution in [3.63, 3.8) is 0 Å². The van der Waals surface area contributed by atoms with Gasteiger partial charge in [-0.25, -0.2) is 14.6 Å². The van der Waals surface area contributed by atoms with E-state index in [0.29, 0.717) is 5.69 Å². The van der Waals surface area contributed by atoms with Crippen LogP contribution < -0.4 is 0 Å². The third kappa shape index (κ3) is 7.88. The predicted molar refractivity (Wildman–Crippen MR) is 78.4 cm³/mol. The van der Waals surface area contributed by atoms with Gasteiger partial charge in [0.15, 0.2) is 5.56 Å². The van der Waals surface area contributed by atoms with Crippen LogP contribution in [0.15, 0.2) is 42.9 Å². The molecule has 0 aliphatic rings. The molecule has 22 heavy (non-hydrogen) atoms. The van der Waals surface area contributed by atoms with E-state index in [1.165, 1.54) is 24.5 Å². The number of aromatic nitrogens is 2. The number of hydrogen-bond donors (Lipinski definition) is 3. The number of aliphatic carboxylic acids is 1. The quantitative estimate of drug-likeness (QED) is 0.444. The molecule has 0 amide bonds.